The van der Waals surface area contributed by atoms with Crippen molar-refractivity contribution in [1.82, 2.24) is 9.88 Å². The van der Waals surface area contributed by atoms with Crippen LogP contribution in [0.2, 0.25) is 0 Å². The standard InChI is InChI=1S/C28H23N3O2/c32-27(33)28(24-14-8-3-9-15-24)25(22-16-18-29-19-17-22)31(20-21-10-4-1-5-11-21)26(30-28)23-12-6-2-7-13-23/h1-19,25H,20H2,(H,32,33)/t25-,28-/m1/s1. The lowest BCUT2D eigenvalue weighted by atomic mass is 9.80. The molecule has 0 bridgehead atoms. The highest BCUT2D eigenvalue weighted by Gasteiger charge is 2.56. The van der Waals surface area contributed by atoms with Crippen LogP contribution in [0.3, 0.4) is 0 Å². The van der Waals surface area contributed by atoms with Crippen molar-refractivity contribution in [3.63, 3.8) is 0 Å². The largest absolute Gasteiger partial charge is 0.479 e. The van der Waals surface area contributed by atoms with Crippen molar-refractivity contribution in [2.75, 3.05) is 0 Å². The molecule has 162 valence electrons. The molecule has 0 fully saturated rings. The zero-order valence-corrected chi connectivity index (χ0v) is 18.0. The fourth-order valence-corrected chi connectivity index (χ4v) is 4.57. The molecule has 1 aliphatic rings. The van der Waals surface area contributed by atoms with Crippen LogP contribution >= 0.6 is 0 Å². The summed E-state index contributed by atoms with van der Waals surface area (Å²) in [5.74, 6) is -0.327. The maximum atomic E-state index is 13.1. The molecule has 2 heterocycles. The molecule has 0 spiro atoms. The van der Waals surface area contributed by atoms with E-state index in [-0.39, 0.29) is 0 Å². The third-order valence-electron chi connectivity index (χ3n) is 6.05. The number of carboxylic acid groups (broad SMARTS) is 1. The summed E-state index contributed by atoms with van der Waals surface area (Å²) < 4.78 is 0. The third kappa shape index (κ3) is 3.68. The molecule has 3 aromatic carbocycles. The van der Waals surface area contributed by atoms with Gasteiger partial charge in [0.15, 0.2) is 0 Å². The van der Waals surface area contributed by atoms with E-state index in [1.165, 1.54) is 0 Å². The number of aromatic nitrogens is 1. The maximum Gasteiger partial charge on any atom is 0.338 e. The summed E-state index contributed by atoms with van der Waals surface area (Å²) in [5, 5.41) is 10.7. The van der Waals surface area contributed by atoms with E-state index >= 15 is 0 Å². The Morgan fingerprint density at radius 3 is 2.00 bits per heavy atom. The van der Waals surface area contributed by atoms with Gasteiger partial charge in [-0.05, 0) is 28.8 Å². The molecule has 4 aromatic rings. The number of carboxylic acids is 1. The lowest BCUT2D eigenvalue weighted by Crippen LogP contribution is -2.43. The molecule has 0 unspecified atom stereocenters. The Kier molecular flexibility index (Phi) is 5.45. The van der Waals surface area contributed by atoms with Gasteiger partial charge in [0.1, 0.15) is 5.84 Å². The van der Waals surface area contributed by atoms with E-state index in [4.69, 9.17) is 4.99 Å². The molecule has 1 N–H and O–H groups in total. The van der Waals surface area contributed by atoms with Crippen LogP contribution in [0.15, 0.2) is 121 Å². The van der Waals surface area contributed by atoms with E-state index < -0.39 is 17.6 Å². The molecular formula is C28H23N3O2. The quantitative estimate of drug-likeness (QED) is 0.461. The molecule has 1 aromatic heterocycles. The topological polar surface area (TPSA) is 65.8 Å². The average Bonchev–Trinajstić information content (AvgIpc) is 3.22. The van der Waals surface area contributed by atoms with Gasteiger partial charge in [-0.2, -0.15) is 0 Å². The minimum Gasteiger partial charge on any atom is -0.479 e. The molecule has 5 heteroatoms. The second kappa shape index (κ2) is 8.71. The minimum absolute atomic E-state index is 0.517. The summed E-state index contributed by atoms with van der Waals surface area (Å²) in [6.45, 7) is 0.517. The Morgan fingerprint density at radius 2 is 1.39 bits per heavy atom. The van der Waals surface area contributed by atoms with E-state index in [0.29, 0.717) is 17.9 Å². The van der Waals surface area contributed by atoms with Crippen LogP contribution in [0.5, 0.6) is 0 Å². The summed E-state index contributed by atoms with van der Waals surface area (Å²) in [6.07, 6.45) is 3.41. The Balaban J connectivity index is 1.78. The smallest absolute Gasteiger partial charge is 0.338 e. The second-order valence-electron chi connectivity index (χ2n) is 8.04. The van der Waals surface area contributed by atoms with Gasteiger partial charge in [-0.15, -0.1) is 0 Å². The van der Waals surface area contributed by atoms with Crippen molar-refractivity contribution in [1.29, 1.82) is 0 Å². The first-order chi connectivity index (χ1) is 16.2. The van der Waals surface area contributed by atoms with Gasteiger partial charge in [-0.1, -0.05) is 91.0 Å². The van der Waals surface area contributed by atoms with Gasteiger partial charge < -0.3 is 10.0 Å². The lowest BCUT2D eigenvalue weighted by Gasteiger charge is -2.36. The summed E-state index contributed by atoms with van der Waals surface area (Å²) in [5.41, 5.74) is 1.94. The van der Waals surface area contributed by atoms with Crippen LogP contribution < -0.4 is 0 Å². The van der Waals surface area contributed by atoms with Gasteiger partial charge in [0.2, 0.25) is 5.54 Å². The molecule has 2 atom stereocenters. The minimum atomic E-state index is -1.51. The molecular weight excluding hydrogens is 410 g/mol. The molecule has 0 aliphatic carbocycles. The monoisotopic (exact) mass is 433 g/mol. The lowest BCUT2D eigenvalue weighted by molar-refractivity contribution is -0.145. The highest BCUT2D eigenvalue weighted by atomic mass is 16.4. The van der Waals surface area contributed by atoms with Crippen LogP contribution in [0, 0.1) is 0 Å². The number of aliphatic imine (C=N–C) groups is 1. The summed E-state index contributed by atoms with van der Waals surface area (Å²) in [4.78, 5) is 24.4. The Labute approximate surface area is 192 Å². The van der Waals surface area contributed by atoms with Crippen LogP contribution in [0.4, 0.5) is 0 Å². The number of pyridine rings is 1. The SMILES string of the molecule is O=C(O)[C@]1(c2ccccc2)N=C(c2ccccc2)N(Cc2ccccc2)[C@@H]1c1ccncc1. The molecule has 0 radical (unpaired) electrons. The molecule has 5 rings (SSSR count). The molecule has 0 amide bonds. The first-order valence-corrected chi connectivity index (χ1v) is 10.8. The normalized spacial score (nSPS) is 19.8. The number of hydrogen-bond donors (Lipinski definition) is 1. The van der Waals surface area contributed by atoms with Gasteiger partial charge in [-0.25, -0.2) is 9.79 Å². The molecule has 0 saturated carbocycles. The predicted octanol–water partition coefficient (Wildman–Crippen LogP) is 5.07. The number of carbonyl (C=O) groups is 1. The van der Waals surface area contributed by atoms with E-state index in [1.54, 1.807) is 12.4 Å². The number of hydrogen-bond acceptors (Lipinski definition) is 4. The predicted molar refractivity (Wildman–Crippen MR) is 128 cm³/mol. The van der Waals surface area contributed by atoms with Crippen LogP contribution in [-0.2, 0) is 16.9 Å². The van der Waals surface area contributed by atoms with Gasteiger partial charge in [0.05, 0.1) is 6.04 Å². The second-order valence-corrected chi connectivity index (χ2v) is 8.04. The highest BCUT2D eigenvalue weighted by molar-refractivity contribution is 6.04. The zero-order chi connectivity index (χ0) is 22.7. The number of rotatable bonds is 6. The number of aliphatic carboxylic acids is 1. The number of amidine groups is 1. The van der Waals surface area contributed by atoms with Gasteiger partial charge in [0.25, 0.3) is 0 Å². The third-order valence-corrected chi connectivity index (χ3v) is 6.05. The number of benzene rings is 3. The molecule has 0 saturated heterocycles. The van der Waals surface area contributed by atoms with E-state index in [9.17, 15) is 9.90 Å². The van der Waals surface area contributed by atoms with Crippen molar-refractivity contribution in [2.24, 2.45) is 4.99 Å². The van der Waals surface area contributed by atoms with Crippen molar-refractivity contribution < 1.29 is 9.90 Å². The Bertz CT molecular complexity index is 1260. The first-order valence-electron chi connectivity index (χ1n) is 10.8. The van der Waals surface area contributed by atoms with Crippen molar-refractivity contribution >= 4 is 11.8 Å². The van der Waals surface area contributed by atoms with Crippen molar-refractivity contribution in [2.45, 2.75) is 18.1 Å². The van der Waals surface area contributed by atoms with Gasteiger partial charge >= 0.3 is 5.97 Å². The van der Waals surface area contributed by atoms with E-state index in [0.717, 1.165) is 16.7 Å². The van der Waals surface area contributed by atoms with E-state index in [2.05, 4.69) is 22.0 Å². The van der Waals surface area contributed by atoms with Crippen LogP contribution in [0.1, 0.15) is 28.3 Å². The van der Waals surface area contributed by atoms with E-state index in [1.807, 2.05) is 91.0 Å². The van der Waals surface area contributed by atoms with Gasteiger partial charge in [0, 0.05) is 24.5 Å². The van der Waals surface area contributed by atoms with Crippen molar-refractivity contribution in [3.05, 3.63) is 138 Å². The fourth-order valence-electron chi connectivity index (χ4n) is 4.57. The molecule has 5 nitrogen and oxygen atoms in total. The highest BCUT2D eigenvalue weighted by Crippen LogP contribution is 2.49. The first kappa shape index (κ1) is 20.6. The fraction of sp³-hybridized carbons (Fsp3) is 0.107. The number of nitrogens with zero attached hydrogens (tertiary/aromatic N) is 3. The Hall–Kier alpha value is -4.25. The summed E-state index contributed by atoms with van der Waals surface area (Å²) in [6, 6.07) is 32.4. The average molecular weight is 434 g/mol. The zero-order valence-electron chi connectivity index (χ0n) is 18.0. The van der Waals surface area contributed by atoms with Crippen LogP contribution in [-0.4, -0.2) is 26.8 Å². The summed E-state index contributed by atoms with van der Waals surface area (Å²) in [7, 11) is 0. The van der Waals surface area contributed by atoms with Gasteiger partial charge in [-0.3, -0.25) is 4.98 Å². The van der Waals surface area contributed by atoms with Crippen molar-refractivity contribution in [3.8, 4) is 0 Å². The molecule has 33 heavy (non-hydrogen) atoms. The Morgan fingerprint density at radius 1 is 0.818 bits per heavy atom. The maximum absolute atomic E-state index is 13.1. The van der Waals surface area contributed by atoms with Crippen LogP contribution in [0.25, 0.3) is 0 Å². The summed E-state index contributed by atoms with van der Waals surface area (Å²) >= 11 is 0. The molecule has 1 aliphatic heterocycles.